The molecule has 2 aromatic carbocycles. The van der Waals surface area contributed by atoms with Crippen LogP contribution in [0.5, 0.6) is 0 Å². The number of hydrogen-bond donors (Lipinski definition) is 1. The molecule has 5 heteroatoms. The highest BCUT2D eigenvalue weighted by atomic mass is 79.9. The second-order valence-corrected chi connectivity index (χ2v) is 9.20. The molecule has 0 atom stereocenters. The number of piperidine rings is 1. The van der Waals surface area contributed by atoms with E-state index in [2.05, 4.69) is 42.0 Å². The topological polar surface area (TPSA) is 49.4 Å². The van der Waals surface area contributed by atoms with Gasteiger partial charge in [-0.2, -0.15) is 0 Å². The Morgan fingerprint density at radius 1 is 1.00 bits per heavy atom. The highest BCUT2D eigenvalue weighted by molar-refractivity contribution is 9.10. The van der Waals surface area contributed by atoms with Crippen molar-refractivity contribution in [3.63, 3.8) is 0 Å². The van der Waals surface area contributed by atoms with Gasteiger partial charge >= 0.3 is 0 Å². The van der Waals surface area contributed by atoms with Crippen molar-refractivity contribution in [3.8, 4) is 0 Å². The van der Waals surface area contributed by atoms with E-state index in [9.17, 15) is 9.59 Å². The Morgan fingerprint density at radius 3 is 2.18 bits per heavy atom. The summed E-state index contributed by atoms with van der Waals surface area (Å²) in [5.41, 5.74) is 2.65. The predicted molar refractivity (Wildman–Crippen MR) is 116 cm³/mol. The van der Waals surface area contributed by atoms with E-state index in [-0.39, 0.29) is 23.3 Å². The zero-order valence-corrected chi connectivity index (χ0v) is 18.3. The van der Waals surface area contributed by atoms with Crippen molar-refractivity contribution in [3.05, 3.63) is 69.7 Å². The molecule has 28 heavy (non-hydrogen) atoms. The molecule has 2 aromatic rings. The maximum absolute atomic E-state index is 12.7. The van der Waals surface area contributed by atoms with Crippen LogP contribution in [0.4, 0.5) is 0 Å². The SMILES string of the molecule is CC(C)(C)c1ccc(C(=O)NC2CCN(C(=O)c3ccccc3Br)CC2)cc1. The van der Waals surface area contributed by atoms with Gasteiger partial charge in [-0.25, -0.2) is 0 Å². The predicted octanol–water partition coefficient (Wildman–Crippen LogP) is 4.78. The number of carbonyl (C=O) groups excluding carboxylic acids is 2. The standard InChI is InChI=1S/C23H27BrN2O2/c1-23(2,3)17-10-8-16(9-11-17)21(27)25-18-12-14-26(15-13-18)22(28)19-6-4-5-7-20(19)24/h4-11,18H,12-15H2,1-3H3,(H,25,27). The van der Waals surface area contributed by atoms with Gasteiger partial charge in [0, 0.05) is 29.2 Å². The molecule has 1 aliphatic heterocycles. The zero-order valence-electron chi connectivity index (χ0n) is 16.7. The Bertz CT molecular complexity index is 848. The first kappa shape index (κ1) is 20.6. The maximum atomic E-state index is 12.7. The van der Waals surface area contributed by atoms with E-state index in [1.54, 1.807) is 0 Å². The van der Waals surface area contributed by atoms with Crippen LogP contribution in [0.2, 0.25) is 0 Å². The summed E-state index contributed by atoms with van der Waals surface area (Å²) in [7, 11) is 0. The Hall–Kier alpha value is -2.14. The van der Waals surface area contributed by atoms with E-state index in [1.807, 2.05) is 53.4 Å². The number of nitrogens with one attached hydrogen (secondary N) is 1. The summed E-state index contributed by atoms with van der Waals surface area (Å²) in [5, 5.41) is 3.12. The van der Waals surface area contributed by atoms with Gasteiger partial charge in [0.25, 0.3) is 11.8 Å². The number of carbonyl (C=O) groups is 2. The Labute approximate surface area is 175 Å². The summed E-state index contributed by atoms with van der Waals surface area (Å²) >= 11 is 3.45. The van der Waals surface area contributed by atoms with E-state index in [4.69, 9.17) is 0 Å². The molecule has 1 saturated heterocycles. The van der Waals surface area contributed by atoms with Crippen molar-refractivity contribution in [2.75, 3.05) is 13.1 Å². The Morgan fingerprint density at radius 2 is 1.61 bits per heavy atom. The molecule has 0 aromatic heterocycles. The van der Waals surface area contributed by atoms with Crippen LogP contribution in [0, 0.1) is 0 Å². The number of hydrogen-bond acceptors (Lipinski definition) is 2. The van der Waals surface area contributed by atoms with E-state index in [1.165, 1.54) is 5.56 Å². The van der Waals surface area contributed by atoms with Crippen LogP contribution >= 0.6 is 15.9 Å². The first-order valence-corrected chi connectivity index (χ1v) is 10.5. The van der Waals surface area contributed by atoms with Gasteiger partial charge in [-0.1, -0.05) is 45.0 Å². The first-order chi connectivity index (χ1) is 13.3. The van der Waals surface area contributed by atoms with Gasteiger partial charge in [0.05, 0.1) is 5.56 Å². The molecule has 0 unspecified atom stereocenters. The molecule has 1 aliphatic rings. The zero-order chi connectivity index (χ0) is 20.3. The third kappa shape index (κ3) is 4.82. The second kappa shape index (κ2) is 8.48. The summed E-state index contributed by atoms with van der Waals surface area (Å²) in [4.78, 5) is 27.1. The fraction of sp³-hybridized carbons (Fsp3) is 0.391. The van der Waals surface area contributed by atoms with Crippen LogP contribution in [0.1, 0.15) is 59.9 Å². The van der Waals surface area contributed by atoms with Crippen LogP contribution < -0.4 is 5.32 Å². The molecule has 148 valence electrons. The van der Waals surface area contributed by atoms with Crippen molar-refractivity contribution < 1.29 is 9.59 Å². The molecule has 1 heterocycles. The van der Waals surface area contributed by atoms with Crippen molar-refractivity contribution in [2.45, 2.75) is 45.1 Å². The number of likely N-dealkylation sites (tertiary alicyclic amines) is 1. The lowest BCUT2D eigenvalue weighted by Crippen LogP contribution is -2.46. The monoisotopic (exact) mass is 442 g/mol. The molecule has 2 amide bonds. The summed E-state index contributed by atoms with van der Waals surface area (Å²) < 4.78 is 0.814. The average molecular weight is 443 g/mol. The van der Waals surface area contributed by atoms with E-state index in [0.717, 1.165) is 17.3 Å². The minimum Gasteiger partial charge on any atom is -0.349 e. The molecular weight excluding hydrogens is 416 g/mol. The van der Waals surface area contributed by atoms with Crippen LogP contribution in [0.15, 0.2) is 53.0 Å². The minimum atomic E-state index is -0.0453. The molecule has 0 bridgehead atoms. The molecule has 0 saturated carbocycles. The van der Waals surface area contributed by atoms with Crippen molar-refractivity contribution in [2.24, 2.45) is 0 Å². The summed E-state index contributed by atoms with van der Waals surface area (Å²) in [6, 6.07) is 15.4. The number of nitrogens with zero attached hydrogens (tertiary/aromatic N) is 1. The number of halogens is 1. The van der Waals surface area contributed by atoms with Crippen LogP contribution in [0.3, 0.4) is 0 Å². The normalized spacial score (nSPS) is 15.4. The number of rotatable bonds is 3. The lowest BCUT2D eigenvalue weighted by Gasteiger charge is -2.32. The van der Waals surface area contributed by atoms with Gasteiger partial charge in [0.1, 0.15) is 0 Å². The lowest BCUT2D eigenvalue weighted by molar-refractivity contribution is 0.0697. The molecule has 1 fully saturated rings. The number of amides is 2. The first-order valence-electron chi connectivity index (χ1n) is 9.71. The van der Waals surface area contributed by atoms with Gasteiger partial charge in [-0.05, 0) is 64.0 Å². The molecule has 0 spiro atoms. The lowest BCUT2D eigenvalue weighted by atomic mass is 9.86. The van der Waals surface area contributed by atoms with Gasteiger partial charge in [0.2, 0.25) is 0 Å². The Balaban J connectivity index is 1.55. The average Bonchev–Trinajstić information content (AvgIpc) is 2.68. The fourth-order valence-electron chi connectivity index (χ4n) is 3.42. The van der Waals surface area contributed by atoms with Crippen molar-refractivity contribution in [1.82, 2.24) is 10.2 Å². The third-order valence-corrected chi connectivity index (χ3v) is 5.93. The molecule has 3 rings (SSSR count). The van der Waals surface area contributed by atoms with Crippen LogP contribution in [0.25, 0.3) is 0 Å². The highest BCUT2D eigenvalue weighted by Gasteiger charge is 2.25. The molecule has 0 radical (unpaired) electrons. The van der Waals surface area contributed by atoms with Crippen molar-refractivity contribution >= 4 is 27.7 Å². The van der Waals surface area contributed by atoms with Crippen LogP contribution in [-0.4, -0.2) is 35.8 Å². The molecule has 4 nitrogen and oxygen atoms in total. The van der Waals surface area contributed by atoms with Gasteiger partial charge in [0.15, 0.2) is 0 Å². The molecule has 0 aliphatic carbocycles. The van der Waals surface area contributed by atoms with Gasteiger partial charge in [-0.3, -0.25) is 9.59 Å². The minimum absolute atomic E-state index is 0.0371. The quantitative estimate of drug-likeness (QED) is 0.742. The van der Waals surface area contributed by atoms with Crippen LogP contribution in [-0.2, 0) is 5.41 Å². The summed E-state index contributed by atoms with van der Waals surface area (Å²) in [6.45, 7) is 7.77. The molecular formula is C23H27BrN2O2. The third-order valence-electron chi connectivity index (χ3n) is 5.23. The summed E-state index contributed by atoms with van der Waals surface area (Å²) in [6.07, 6.45) is 1.53. The van der Waals surface area contributed by atoms with E-state index < -0.39 is 0 Å². The maximum Gasteiger partial charge on any atom is 0.254 e. The number of benzene rings is 2. The van der Waals surface area contributed by atoms with Crippen molar-refractivity contribution in [1.29, 1.82) is 0 Å². The fourth-order valence-corrected chi connectivity index (χ4v) is 3.88. The summed E-state index contributed by atoms with van der Waals surface area (Å²) in [5.74, 6) is -0.00828. The van der Waals surface area contributed by atoms with E-state index in [0.29, 0.717) is 24.2 Å². The smallest absolute Gasteiger partial charge is 0.254 e. The van der Waals surface area contributed by atoms with Gasteiger partial charge < -0.3 is 10.2 Å². The second-order valence-electron chi connectivity index (χ2n) is 8.35. The van der Waals surface area contributed by atoms with Gasteiger partial charge in [-0.15, -0.1) is 0 Å². The largest absolute Gasteiger partial charge is 0.349 e. The highest BCUT2D eigenvalue weighted by Crippen LogP contribution is 2.23. The molecule has 1 N–H and O–H groups in total. The van der Waals surface area contributed by atoms with E-state index >= 15 is 0 Å². The Kier molecular flexibility index (Phi) is 6.23.